The molecule has 0 bridgehead atoms. The molecule has 1 rings (SSSR count). The Labute approximate surface area is 175 Å². The van der Waals surface area contributed by atoms with Crippen LogP contribution < -0.4 is 5.11 Å². The average Bonchev–Trinajstić information content (AvgIpc) is 3.03. The topological polar surface area (TPSA) is 90.6 Å². The predicted molar refractivity (Wildman–Crippen MR) is 111 cm³/mol. The van der Waals surface area contributed by atoms with Gasteiger partial charge in [0.25, 0.3) is 0 Å². The molecule has 6 heteroatoms. The highest BCUT2D eigenvalue weighted by Crippen LogP contribution is 2.20. The number of carboxylic acid groups (broad SMARTS) is 1. The lowest BCUT2D eigenvalue weighted by molar-refractivity contribution is -0.875. The number of rotatable bonds is 16. The summed E-state index contributed by atoms with van der Waals surface area (Å²) in [6.07, 6.45) is 8.47. The van der Waals surface area contributed by atoms with Gasteiger partial charge in [-0.15, -0.1) is 0 Å². The smallest absolute Gasteiger partial charge is 0.177 e. The molecule has 0 saturated heterocycles. The number of carbonyl (C=O) groups is 2. The van der Waals surface area contributed by atoms with E-state index in [4.69, 9.17) is 4.42 Å². The maximum absolute atomic E-state index is 12.5. The summed E-state index contributed by atoms with van der Waals surface area (Å²) in [6.45, 7) is 2.24. The highest BCUT2D eigenvalue weighted by atomic mass is 16.4. The second-order valence-electron chi connectivity index (χ2n) is 9.19. The van der Waals surface area contributed by atoms with Gasteiger partial charge in [-0.05, 0) is 31.4 Å². The van der Waals surface area contributed by atoms with Crippen molar-refractivity contribution in [1.82, 2.24) is 0 Å². The number of nitrogens with zero attached hydrogens (tertiary/aromatic N) is 1. The summed E-state index contributed by atoms with van der Waals surface area (Å²) in [7, 11) is 5.45. The van der Waals surface area contributed by atoms with Gasteiger partial charge in [0.2, 0.25) is 0 Å². The number of carboxylic acids is 1. The van der Waals surface area contributed by atoms with Gasteiger partial charge in [0.1, 0.15) is 18.1 Å². The third-order valence-electron chi connectivity index (χ3n) is 5.01. The van der Waals surface area contributed by atoms with Crippen molar-refractivity contribution < 1.29 is 28.7 Å². The molecule has 0 aliphatic rings. The maximum atomic E-state index is 12.5. The van der Waals surface area contributed by atoms with Crippen molar-refractivity contribution >= 4 is 11.8 Å². The molecule has 1 aromatic heterocycles. The summed E-state index contributed by atoms with van der Waals surface area (Å²) >= 11 is 0. The number of unbranched alkanes of at least 4 members (excludes halogenated alkanes) is 5. The number of quaternary nitrogens is 1. The second kappa shape index (κ2) is 12.1. The molecule has 1 heterocycles. The van der Waals surface area contributed by atoms with Crippen LogP contribution in [0.25, 0.3) is 0 Å². The number of aliphatic hydroxyl groups is 1. The maximum Gasteiger partial charge on any atom is 0.177 e. The van der Waals surface area contributed by atoms with E-state index in [0.717, 1.165) is 50.0 Å². The Hall–Kier alpha value is -1.66. The van der Waals surface area contributed by atoms with Gasteiger partial charge < -0.3 is 23.9 Å². The van der Waals surface area contributed by atoms with Crippen LogP contribution in [-0.4, -0.2) is 54.6 Å². The fourth-order valence-corrected chi connectivity index (χ4v) is 3.68. The number of ketones is 1. The summed E-state index contributed by atoms with van der Waals surface area (Å²) in [5, 5.41) is 21.6. The normalized spacial score (nSPS) is 14.0. The van der Waals surface area contributed by atoms with E-state index in [2.05, 4.69) is 19.1 Å². The summed E-state index contributed by atoms with van der Waals surface area (Å²) < 4.78 is 6.16. The minimum Gasteiger partial charge on any atom is -0.550 e. The van der Waals surface area contributed by atoms with Crippen molar-refractivity contribution in [3.05, 3.63) is 23.7 Å². The second-order valence-corrected chi connectivity index (χ2v) is 9.19. The first kappa shape index (κ1) is 25.4. The first-order chi connectivity index (χ1) is 13.6. The molecule has 6 nitrogen and oxygen atoms in total. The van der Waals surface area contributed by atoms with Crippen molar-refractivity contribution in [2.24, 2.45) is 0 Å². The zero-order valence-corrected chi connectivity index (χ0v) is 18.7. The Morgan fingerprint density at radius 3 is 2.07 bits per heavy atom. The van der Waals surface area contributed by atoms with Gasteiger partial charge in [0, 0.05) is 31.7 Å². The van der Waals surface area contributed by atoms with Gasteiger partial charge in [-0.2, -0.15) is 0 Å². The number of hydrogen-bond donors (Lipinski definition) is 1. The molecule has 0 fully saturated rings. The summed E-state index contributed by atoms with van der Waals surface area (Å²) in [4.78, 5) is 23.5. The van der Waals surface area contributed by atoms with E-state index in [-0.39, 0.29) is 13.0 Å². The van der Waals surface area contributed by atoms with Crippen LogP contribution in [0.4, 0.5) is 0 Å². The van der Waals surface area contributed by atoms with Crippen molar-refractivity contribution in [1.29, 1.82) is 0 Å². The minimum absolute atomic E-state index is 0.0545. The zero-order valence-electron chi connectivity index (χ0n) is 18.7. The van der Waals surface area contributed by atoms with E-state index in [9.17, 15) is 19.8 Å². The highest BCUT2D eigenvalue weighted by Gasteiger charge is 2.40. The Bertz CT molecular complexity index is 631. The van der Waals surface area contributed by atoms with Crippen molar-refractivity contribution in [2.75, 3.05) is 27.7 Å². The van der Waals surface area contributed by atoms with E-state index in [1.54, 1.807) is 0 Å². The first-order valence-electron chi connectivity index (χ1n) is 10.9. The van der Waals surface area contributed by atoms with Crippen LogP contribution in [0.15, 0.2) is 16.5 Å². The third kappa shape index (κ3) is 10.6. The van der Waals surface area contributed by atoms with Gasteiger partial charge >= 0.3 is 0 Å². The number of likely N-dealkylation sites (N-methyl/N-ethyl adjacent to an activating group) is 1. The summed E-state index contributed by atoms with van der Waals surface area (Å²) in [5.41, 5.74) is -1.86. The van der Waals surface area contributed by atoms with Crippen LogP contribution in [0.2, 0.25) is 0 Å². The molecular weight excluding hydrogens is 370 g/mol. The molecule has 0 aromatic carbocycles. The summed E-state index contributed by atoms with van der Waals surface area (Å²) in [6, 6.07) is 4.12. The Kier molecular flexibility index (Phi) is 10.6. The van der Waals surface area contributed by atoms with Crippen molar-refractivity contribution in [3.63, 3.8) is 0 Å². The van der Waals surface area contributed by atoms with E-state index >= 15 is 0 Å². The van der Waals surface area contributed by atoms with Gasteiger partial charge in [-0.1, -0.05) is 32.6 Å². The van der Waals surface area contributed by atoms with E-state index in [1.807, 2.05) is 21.1 Å². The van der Waals surface area contributed by atoms with Crippen LogP contribution in [0.5, 0.6) is 0 Å². The quantitative estimate of drug-likeness (QED) is 0.335. The fourth-order valence-electron chi connectivity index (χ4n) is 3.68. The van der Waals surface area contributed by atoms with E-state index < -0.39 is 23.8 Å². The lowest BCUT2D eigenvalue weighted by Gasteiger charge is -2.34. The number of furan rings is 1. The molecule has 0 aliphatic heterocycles. The van der Waals surface area contributed by atoms with Crippen LogP contribution in [0.1, 0.15) is 76.2 Å². The molecule has 0 spiro atoms. The van der Waals surface area contributed by atoms with Gasteiger partial charge in [0.05, 0.1) is 21.1 Å². The molecule has 0 saturated carbocycles. The fraction of sp³-hybridized carbons (Fsp3) is 0.739. The lowest BCUT2D eigenvalue weighted by atomic mass is 9.89. The zero-order chi connectivity index (χ0) is 21.9. The molecule has 1 aromatic rings. The Morgan fingerprint density at radius 1 is 1.00 bits per heavy atom. The van der Waals surface area contributed by atoms with Gasteiger partial charge in [0.15, 0.2) is 11.4 Å². The van der Waals surface area contributed by atoms with Crippen LogP contribution in [0, 0.1) is 0 Å². The SMILES string of the molecule is CCCCCc1ccc(CCCCCCC(=O)C(O)(CC(=O)[O-])C[N+](C)(C)C)o1. The first-order valence-corrected chi connectivity index (χ1v) is 10.9. The average molecular weight is 410 g/mol. The van der Waals surface area contributed by atoms with Gasteiger partial charge in [-0.25, -0.2) is 0 Å². The Balaban J connectivity index is 2.32. The van der Waals surface area contributed by atoms with E-state index in [0.29, 0.717) is 10.9 Å². The lowest BCUT2D eigenvalue weighted by Crippen LogP contribution is -2.56. The molecule has 1 unspecified atom stereocenters. The van der Waals surface area contributed by atoms with Crippen LogP contribution in [0.3, 0.4) is 0 Å². The summed E-state index contributed by atoms with van der Waals surface area (Å²) in [5.74, 6) is 0.265. The molecule has 166 valence electrons. The molecule has 0 amide bonds. The standard InChI is InChI=1S/C23H39NO5/c1-5-6-9-12-19-15-16-20(29-19)13-10-7-8-11-14-21(25)23(28,17-22(26)27)18-24(2,3)4/h15-16,28H,5-14,17-18H2,1-4H3. The molecule has 1 atom stereocenters. The number of aliphatic carboxylic acids is 1. The van der Waals surface area contributed by atoms with E-state index in [1.165, 1.54) is 12.8 Å². The van der Waals surface area contributed by atoms with Crippen molar-refractivity contribution in [3.8, 4) is 0 Å². The number of Topliss-reactive ketones (excluding diaryl/α,β-unsaturated/α-hetero) is 1. The molecule has 1 N–H and O–H groups in total. The number of aryl methyl sites for hydroxylation is 2. The van der Waals surface area contributed by atoms with Crippen molar-refractivity contribution in [2.45, 2.75) is 83.2 Å². The monoisotopic (exact) mass is 409 g/mol. The Morgan fingerprint density at radius 2 is 1.55 bits per heavy atom. The molecule has 0 radical (unpaired) electrons. The number of hydrogen-bond acceptors (Lipinski definition) is 5. The number of carbonyl (C=O) groups excluding carboxylic acids is 2. The van der Waals surface area contributed by atoms with Crippen LogP contribution in [-0.2, 0) is 22.4 Å². The highest BCUT2D eigenvalue weighted by molar-refractivity contribution is 5.90. The largest absolute Gasteiger partial charge is 0.550 e. The molecular formula is C23H39NO5. The minimum atomic E-state index is -1.86. The molecule has 0 aliphatic carbocycles. The predicted octanol–water partition coefficient (Wildman–Crippen LogP) is 2.65. The van der Waals surface area contributed by atoms with Crippen LogP contribution >= 0.6 is 0 Å². The third-order valence-corrected chi connectivity index (χ3v) is 5.01. The van der Waals surface area contributed by atoms with Gasteiger partial charge in [-0.3, -0.25) is 4.79 Å². The molecule has 29 heavy (non-hydrogen) atoms.